The van der Waals surface area contributed by atoms with Gasteiger partial charge in [-0.25, -0.2) is 9.59 Å². The van der Waals surface area contributed by atoms with Crippen molar-refractivity contribution in [1.29, 1.82) is 0 Å². The molecule has 0 unspecified atom stereocenters. The van der Waals surface area contributed by atoms with Gasteiger partial charge in [0.15, 0.2) is 5.69 Å². The number of nitrogens with one attached hydrogen (secondary N) is 1. The molecule has 2 aromatic heterocycles. The van der Waals surface area contributed by atoms with E-state index in [0.717, 1.165) is 30.0 Å². The second-order valence-electron chi connectivity index (χ2n) is 7.62. The van der Waals surface area contributed by atoms with E-state index >= 15 is 0 Å². The Bertz CT molecular complexity index is 1020. The monoisotopic (exact) mass is 527 g/mol. The highest BCUT2D eigenvalue weighted by atomic mass is 19.4. The van der Waals surface area contributed by atoms with Crippen molar-refractivity contribution in [2.75, 3.05) is 7.05 Å². The third kappa shape index (κ3) is 9.16. The number of rotatable bonds is 4. The van der Waals surface area contributed by atoms with Gasteiger partial charge in [-0.2, -0.15) is 31.4 Å². The lowest BCUT2D eigenvalue weighted by molar-refractivity contribution is -0.193. The van der Waals surface area contributed by atoms with E-state index in [1.807, 2.05) is 18.2 Å². The molecule has 1 amide bonds. The third-order valence-corrected chi connectivity index (χ3v) is 4.57. The van der Waals surface area contributed by atoms with Crippen molar-refractivity contribution in [2.24, 2.45) is 0 Å². The summed E-state index contributed by atoms with van der Waals surface area (Å²) in [7, 11) is 1.78. The molecule has 1 aliphatic heterocycles. The SMILES string of the molecule is CC(C)N1Cc2[nH]nc(C(=O)N(C)Cc3ccccn3)c2C1.O=C(O)C(F)(F)F.O=C(O)C(F)(F)F. The van der Waals surface area contributed by atoms with E-state index in [1.165, 1.54) is 0 Å². The number of halogens is 6. The van der Waals surface area contributed by atoms with Crippen molar-refractivity contribution in [3.05, 3.63) is 47.0 Å². The quantitative estimate of drug-likeness (QED) is 0.516. The molecule has 0 saturated heterocycles. The molecule has 0 spiro atoms. The molecule has 0 radical (unpaired) electrons. The van der Waals surface area contributed by atoms with Gasteiger partial charge >= 0.3 is 24.3 Å². The van der Waals surface area contributed by atoms with Crippen molar-refractivity contribution >= 4 is 17.8 Å². The first-order chi connectivity index (χ1) is 16.4. The number of nitrogens with zero attached hydrogens (tertiary/aromatic N) is 4. The van der Waals surface area contributed by atoms with Crippen LogP contribution in [0.3, 0.4) is 0 Å². The molecule has 0 atom stereocenters. The van der Waals surface area contributed by atoms with Crippen molar-refractivity contribution in [1.82, 2.24) is 25.0 Å². The number of carboxylic acid groups (broad SMARTS) is 2. The molecule has 3 heterocycles. The van der Waals surface area contributed by atoms with Crippen LogP contribution in [0.1, 0.15) is 41.3 Å². The second kappa shape index (κ2) is 12.3. The first kappa shape index (κ1) is 30.3. The Hall–Kier alpha value is -3.69. The number of aromatic amines is 1. The van der Waals surface area contributed by atoms with E-state index in [9.17, 15) is 31.1 Å². The van der Waals surface area contributed by atoms with Gasteiger partial charge in [-0.15, -0.1) is 0 Å². The fourth-order valence-corrected chi connectivity index (χ4v) is 2.69. The number of H-pyrrole nitrogens is 1. The normalized spacial score (nSPS) is 13.2. The van der Waals surface area contributed by atoms with Crippen LogP contribution in [0.25, 0.3) is 0 Å². The summed E-state index contributed by atoms with van der Waals surface area (Å²) in [6.45, 7) is 6.41. The number of alkyl halides is 6. The number of carbonyl (C=O) groups excluding carboxylic acids is 1. The van der Waals surface area contributed by atoms with Crippen LogP contribution in [0.2, 0.25) is 0 Å². The summed E-state index contributed by atoms with van der Waals surface area (Å²) in [5.41, 5.74) is 3.50. The summed E-state index contributed by atoms with van der Waals surface area (Å²) in [5, 5.41) is 21.5. The summed E-state index contributed by atoms with van der Waals surface area (Å²) in [5.74, 6) is -5.58. The second-order valence-corrected chi connectivity index (χ2v) is 7.62. The van der Waals surface area contributed by atoms with E-state index < -0.39 is 24.3 Å². The van der Waals surface area contributed by atoms with Crippen molar-refractivity contribution in [3.63, 3.8) is 0 Å². The number of carboxylic acids is 2. The van der Waals surface area contributed by atoms with E-state index in [-0.39, 0.29) is 5.91 Å². The van der Waals surface area contributed by atoms with E-state index in [0.29, 0.717) is 18.3 Å². The van der Waals surface area contributed by atoms with Gasteiger partial charge in [-0.1, -0.05) is 6.07 Å². The molecule has 36 heavy (non-hydrogen) atoms. The largest absolute Gasteiger partial charge is 0.490 e. The van der Waals surface area contributed by atoms with Crippen LogP contribution in [-0.2, 0) is 29.2 Å². The standard InChI is InChI=1S/C16H21N5O.2C2HF3O2/c1-11(2)21-9-13-14(10-21)18-19-15(13)16(22)20(3)8-12-6-4-5-7-17-12;2*3-2(4,5)1(6)7/h4-7,11H,8-10H2,1-3H3,(H,18,19);2*(H,6,7). The first-order valence-electron chi connectivity index (χ1n) is 10.0. The van der Waals surface area contributed by atoms with Crippen LogP contribution in [-0.4, -0.2) is 78.5 Å². The third-order valence-electron chi connectivity index (χ3n) is 4.57. The van der Waals surface area contributed by atoms with Crippen LogP contribution in [0.15, 0.2) is 24.4 Å². The first-order valence-corrected chi connectivity index (χ1v) is 10.0. The van der Waals surface area contributed by atoms with Crippen molar-refractivity contribution in [3.8, 4) is 0 Å². The highest BCUT2D eigenvalue weighted by molar-refractivity contribution is 5.93. The zero-order valence-corrected chi connectivity index (χ0v) is 19.2. The lowest BCUT2D eigenvalue weighted by Gasteiger charge is -2.20. The molecule has 2 aromatic rings. The molecule has 0 aromatic carbocycles. The molecule has 10 nitrogen and oxygen atoms in total. The van der Waals surface area contributed by atoms with Crippen molar-refractivity contribution < 1.29 is 50.9 Å². The van der Waals surface area contributed by atoms with Gasteiger partial charge in [-0.05, 0) is 26.0 Å². The number of aromatic nitrogens is 3. The highest BCUT2D eigenvalue weighted by Gasteiger charge is 2.39. The summed E-state index contributed by atoms with van der Waals surface area (Å²) in [6.07, 6.45) is -8.43. The minimum absolute atomic E-state index is 0.0613. The van der Waals surface area contributed by atoms with Gasteiger partial charge in [0.05, 0.1) is 17.9 Å². The number of amides is 1. The molecule has 16 heteroatoms. The van der Waals surface area contributed by atoms with Crippen LogP contribution in [0, 0.1) is 0 Å². The maximum atomic E-state index is 12.6. The molecule has 0 fully saturated rings. The Morgan fingerprint density at radius 1 is 1.06 bits per heavy atom. The molecule has 1 aliphatic rings. The molecule has 0 bridgehead atoms. The number of hydrogen-bond donors (Lipinski definition) is 3. The van der Waals surface area contributed by atoms with Gasteiger partial charge in [-0.3, -0.25) is 19.8 Å². The molecular weight excluding hydrogens is 504 g/mol. The van der Waals surface area contributed by atoms with Gasteiger partial charge in [0.2, 0.25) is 0 Å². The molecule has 3 rings (SSSR count). The predicted molar refractivity (Wildman–Crippen MR) is 110 cm³/mol. The van der Waals surface area contributed by atoms with E-state index in [1.54, 1.807) is 18.1 Å². The fraction of sp³-hybridized carbons (Fsp3) is 0.450. The summed E-state index contributed by atoms with van der Waals surface area (Å²) in [4.78, 5) is 38.7. The minimum atomic E-state index is -5.08. The summed E-state index contributed by atoms with van der Waals surface area (Å²) in [6, 6.07) is 6.16. The van der Waals surface area contributed by atoms with Crippen LogP contribution in [0.4, 0.5) is 26.3 Å². The maximum Gasteiger partial charge on any atom is 0.490 e. The van der Waals surface area contributed by atoms with Crippen LogP contribution >= 0.6 is 0 Å². The molecule has 0 saturated carbocycles. The molecule has 3 N–H and O–H groups in total. The number of fused-ring (bicyclic) bond motifs is 1. The smallest absolute Gasteiger partial charge is 0.475 e. The number of aliphatic carboxylic acids is 2. The summed E-state index contributed by atoms with van der Waals surface area (Å²) >= 11 is 0. The lowest BCUT2D eigenvalue weighted by atomic mass is 10.2. The van der Waals surface area contributed by atoms with Crippen molar-refractivity contribution in [2.45, 2.75) is 51.9 Å². The van der Waals surface area contributed by atoms with Gasteiger partial charge in [0.25, 0.3) is 5.91 Å². The molecule has 200 valence electrons. The Kier molecular flexibility index (Phi) is 10.4. The van der Waals surface area contributed by atoms with Gasteiger partial charge < -0.3 is 15.1 Å². The van der Waals surface area contributed by atoms with Crippen LogP contribution < -0.4 is 0 Å². The zero-order valence-electron chi connectivity index (χ0n) is 19.2. The lowest BCUT2D eigenvalue weighted by Crippen LogP contribution is -2.29. The average molecular weight is 527 g/mol. The highest BCUT2D eigenvalue weighted by Crippen LogP contribution is 2.26. The maximum absolute atomic E-state index is 12.6. The average Bonchev–Trinajstić information content (AvgIpc) is 3.34. The molecular formula is C20H23F6N5O5. The Morgan fingerprint density at radius 3 is 2.00 bits per heavy atom. The van der Waals surface area contributed by atoms with Crippen LogP contribution in [0.5, 0.6) is 0 Å². The Labute approximate surface area is 200 Å². The van der Waals surface area contributed by atoms with Gasteiger partial charge in [0, 0.05) is 37.9 Å². The molecule has 0 aliphatic carbocycles. The zero-order chi connectivity index (χ0) is 27.8. The number of carbonyl (C=O) groups is 3. The van der Waals surface area contributed by atoms with E-state index in [4.69, 9.17) is 19.8 Å². The predicted octanol–water partition coefficient (Wildman–Crippen LogP) is 3.07. The minimum Gasteiger partial charge on any atom is -0.475 e. The number of hydrogen-bond acceptors (Lipinski definition) is 6. The van der Waals surface area contributed by atoms with Gasteiger partial charge in [0.1, 0.15) is 0 Å². The van der Waals surface area contributed by atoms with E-state index in [2.05, 4.69) is 33.9 Å². The number of pyridine rings is 1. The summed E-state index contributed by atoms with van der Waals surface area (Å²) < 4.78 is 63.5. The Balaban J connectivity index is 0.000000383. The Morgan fingerprint density at radius 2 is 1.58 bits per heavy atom. The fourth-order valence-electron chi connectivity index (χ4n) is 2.69. The topological polar surface area (TPSA) is 140 Å².